The van der Waals surface area contributed by atoms with E-state index in [9.17, 15) is 18.0 Å². The number of hydrogen-bond acceptors (Lipinski definition) is 2. The predicted octanol–water partition coefficient (Wildman–Crippen LogP) is 4.35. The molecule has 24 heavy (non-hydrogen) atoms. The first-order valence-corrected chi connectivity index (χ1v) is 8.25. The standard InChI is InChI=1S/C17H18F3N3O/c18-17(19,20)16-22-13-4-3-12(8-14(13)23-16)21-15(24)7-11-6-9-1-2-10(11)5-9/h3-4,8-11H,1-2,5-7H2,(H,21,24)(H,22,23). The Kier molecular flexibility index (Phi) is 3.54. The molecule has 0 aliphatic heterocycles. The van der Waals surface area contributed by atoms with E-state index < -0.39 is 12.0 Å². The minimum Gasteiger partial charge on any atom is -0.334 e. The lowest BCUT2D eigenvalue weighted by atomic mass is 9.86. The number of nitrogens with zero attached hydrogens (tertiary/aromatic N) is 1. The number of benzene rings is 1. The fourth-order valence-electron chi connectivity index (χ4n) is 4.30. The second kappa shape index (κ2) is 5.50. The first-order chi connectivity index (χ1) is 11.4. The fourth-order valence-corrected chi connectivity index (χ4v) is 4.30. The molecule has 2 aromatic rings. The molecule has 1 heterocycles. The average molecular weight is 337 g/mol. The lowest BCUT2D eigenvalue weighted by molar-refractivity contribution is -0.144. The van der Waals surface area contributed by atoms with Gasteiger partial charge in [0.05, 0.1) is 11.0 Å². The summed E-state index contributed by atoms with van der Waals surface area (Å²) in [5, 5.41) is 2.80. The molecule has 0 spiro atoms. The summed E-state index contributed by atoms with van der Waals surface area (Å²) in [4.78, 5) is 18.0. The average Bonchev–Trinajstić information content (AvgIpc) is 3.19. The summed E-state index contributed by atoms with van der Waals surface area (Å²) in [5.41, 5.74) is 0.988. The van der Waals surface area contributed by atoms with Crippen molar-refractivity contribution in [2.75, 3.05) is 5.32 Å². The fraction of sp³-hybridized carbons (Fsp3) is 0.529. The number of halogens is 3. The van der Waals surface area contributed by atoms with Crippen molar-refractivity contribution < 1.29 is 18.0 Å². The molecule has 4 nitrogen and oxygen atoms in total. The van der Waals surface area contributed by atoms with Gasteiger partial charge < -0.3 is 10.3 Å². The molecule has 3 atom stereocenters. The quantitative estimate of drug-likeness (QED) is 0.875. The first kappa shape index (κ1) is 15.5. The van der Waals surface area contributed by atoms with Gasteiger partial charge >= 0.3 is 6.18 Å². The zero-order chi connectivity index (χ0) is 16.9. The third-order valence-electron chi connectivity index (χ3n) is 5.37. The number of H-pyrrole nitrogens is 1. The Balaban J connectivity index is 1.45. The number of imidazole rings is 1. The third-order valence-corrected chi connectivity index (χ3v) is 5.37. The zero-order valence-electron chi connectivity index (χ0n) is 13.0. The van der Waals surface area contributed by atoms with Gasteiger partial charge in [0.1, 0.15) is 0 Å². The van der Waals surface area contributed by atoms with Gasteiger partial charge in [-0.2, -0.15) is 13.2 Å². The second-order valence-electron chi connectivity index (χ2n) is 7.00. The van der Waals surface area contributed by atoms with Crippen molar-refractivity contribution in [1.29, 1.82) is 0 Å². The van der Waals surface area contributed by atoms with E-state index in [1.807, 2.05) is 0 Å². The number of carbonyl (C=O) groups excluding carboxylic acids is 1. The minimum absolute atomic E-state index is 0.0672. The lowest BCUT2D eigenvalue weighted by Gasteiger charge is -2.20. The van der Waals surface area contributed by atoms with Crippen LogP contribution in [0.25, 0.3) is 11.0 Å². The molecule has 2 N–H and O–H groups in total. The highest BCUT2D eigenvalue weighted by Gasteiger charge is 2.40. The van der Waals surface area contributed by atoms with Crippen molar-refractivity contribution in [3.63, 3.8) is 0 Å². The highest BCUT2D eigenvalue weighted by Crippen LogP contribution is 2.49. The Morgan fingerprint density at radius 1 is 1.29 bits per heavy atom. The smallest absolute Gasteiger partial charge is 0.334 e. The molecule has 3 unspecified atom stereocenters. The predicted molar refractivity (Wildman–Crippen MR) is 83.3 cm³/mol. The zero-order valence-corrected chi connectivity index (χ0v) is 13.0. The van der Waals surface area contributed by atoms with Crippen LogP contribution >= 0.6 is 0 Å². The van der Waals surface area contributed by atoms with Crippen LogP contribution in [0.4, 0.5) is 18.9 Å². The van der Waals surface area contributed by atoms with Crippen molar-refractivity contribution in [2.45, 2.75) is 38.3 Å². The van der Waals surface area contributed by atoms with Gasteiger partial charge in [-0.15, -0.1) is 0 Å². The van der Waals surface area contributed by atoms with Crippen LogP contribution in [-0.2, 0) is 11.0 Å². The number of hydrogen-bond donors (Lipinski definition) is 2. The van der Waals surface area contributed by atoms with E-state index in [4.69, 9.17) is 0 Å². The molecule has 0 radical (unpaired) electrons. The van der Waals surface area contributed by atoms with Gasteiger partial charge in [0.2, 0.25) is 11.7 Å². The van der Waals surface area contributed by atoms with Gasteiger partial charge in [-0.1, -0.05) is 6.42 Å². The number of carbonyl (C=O) groups is 1. The van der Waals surface area contributed by atoms with Gasteiger partial charge in [0, 0.05) is 12.1 Å². The number of fused-ring (bicyclic) bond motifs is 3. The summed E-state index contributed by atoms with van der Waals surface area (Å²) < 4.78 is 38.0. The molecular formula is C17H18F3N3O. The van der Waals surface area contributed by atoms with Crippen molar-refractivity contribution in [1.82, 2.24) is 9.97 Å². The first-order valence-electron chi connectivity index (χ1n) is 8.25. The summed E-state index contributed by atoms with van der Waals surface area (Å²) in [6.45, 7) is 0. The number of alkyl halides is 3. The van der Waals surface area contributed by atoms with Crippen LogP contribution in [-0.4, -0.2) is 15.9 Å². The normalized spacial score (nSPS) is 26.2. The topological polar surface area (TPSA) is 57.8 Å². The molecule has 2 aliphatic carbocycles. The van der Waals surface area contributed by atoms with Gasteiger partial charge in [-0.25, -0.2) is 4.98 Å². The molecule has 0 saturated heterocycles. The lowest BCUT2D eigenvalue weighted by Crippen LogP contribution is -2.20. The second-order valence-corrected chi connectivity index (χ2v) is 7.00. The molecule has 1 amide bonds. The SMILES string of the molecule is O=C(CC1CC2CCC1C2)Nc1ccc2nc(C(F)(F)F)[nH]c2c1. The summed E-state index contributed by atoms with van der Waals surface area (Å²) in [6, 6.07) is 4.56. The van der Waals surface area contributed by atoms with Crippen molar-refractivity contribution in [3.8, 4) is 0 Å². The highest BCUT2D eigenvalue weighted by atomic mass is 19.4. The molecule has 7 heteroatoms. The maximum absolute atomic E-state index is 12.7. The summed E-state index contributed by atoms with van der Waals surface area (Å²) in [7, 11) is 0. The minimum atomic E-state index is -4.51. The molecule has 1 aromatic heterocycles. The number of nitrogens with one attached hydrogen (secondary N) is 2. The van der Waals surface area contributed by atoms with Crippen LogP contribution in [0.1, 0.15) is 37.9 Å². The van der Waals surface area contributed by atoms with E-state index in [0.29, 0.717) is 23.9 Å². The van der Waals surface area contributed by atoms with E-state index in [2.05, 4.69) is 15.3 Å². The molecule has 2 fully saturated rings. The number of aromatic nitrogens is 2. The molecule has 2 saturated carbocycles. The highest BCUT2D eigenvalue weighted by molar-refractivity contribution is 5.93. The molecule has 2 bridgehead atoms. The Hall–Kier alpha value is -2.05. The summed E-state index contributed by atoms with van der Waals surface area (Å²) in [6.07, 6.45) is 0.884. The van der Waals surface area contributed by atoms with Crippen molar-refractivity contribution in [2.24, 2.45) is 17.8 Å². The van der Waals surface area contributed by atoms with Gasteiger partial charge in [-0.05, 0) is 55.2 Å². The maximum atomic E-state index is 12.7. The van der Waals surface area contributed by atoms with Crippen LogP contribution < -0.4 is 5.32 Å². The van der Waals surface area contributed by atoms with E-state index in [1.54, 1.807) is 6.07 Å². The Morgan fingerprint density at radius 2 is 2.12 bits per heavy atom. The third kappa shape index (κ3) is 2.87. The molecule has 4 rings (SSSR count). The Morgan fingerprint density at radius 3 is 2.79 bits per heavy atom. The van der Waals surface area contributed by atoms with E-state index in [-0.39, 0.29) is 16.9 Å². The largest absolute Gasteiger partial charge is 0.449 e. The Labute approximate surface area is 136 Å². The van der Waals surface area contributed by atoms with E-state index in [1.165, 1.54) is 31.4 Å². The number of rotatable bonds is 3. The van der Waals surface area contributed by atoms with Crippen molar-refractivity contribution in [3.05, 3.63) is 24.0 Å². The number of anilines is 1. The van der Waals surface area contributed by atoms with Gasteiger partial charge in [-0.3, -0.25) is 4.79 Å². The summed E-state index contributed by atoms with van der Waals surface area (Å²) >= 11 is 0. The van der Waals surface area contributed by atoms with Crippen LogP contribution in [0, 0.1) is 17.8 Å². The van der Waals surface area contributed by atoms with E-state index in [0.717, 1.165) is 12.3 Å². The van der Waals surface area contributed by atoms with Crippen LogP contribution in [0.15, 0.2) is 18.2 Å². The Bertz CT molecular complexity index is 783. The van der Waals surface area contributed by atoms with Gasteiger partial charge in [0.25, 0.3) is 0 Å². The molecule has 2 aliphatic rings. The number of amides is 1. The molecule has 1 aromatic carbocycles. The van der Waals surface area contributed by atoms with Gasteiger partial charge in [0.15, 0.2) is 0 Å². The van der Waals surface area contributed by atoms with E-state index >= 15 is 0 Å². The number of aromatic amines is 1. The molecular weight excluding hydrogens is 319 g/mol. The monoisotopic (exact) mass is 337 g/mol. The summed E-state index contributed by atoms with van der Waals surface area (Å²) in [5.74, 6) is 0.821. The van der Waals surface area contributed by atoms with Crippen LogP contribution in [0.3, 0.4) is 0 Å². The van der Waals surface area contributed by atoms with Crippen LogP contribution in [0.5, 0.6) is 0 Å². The molecule has 128 valence electrons. The maximum Gasteiger partial charge on any atom is 0.449 e. The van der Waals surface area contributed by atoms with Crippen LogP contribution in [0.2, 0.25) is 0 Å². The van der Waals surface area contributed by atoms with Crippen molar-refractivity contribution >= 4 is 22.6 Å².